The third-order valence-electron chi connectivity index (χ3n) is 8.19. The average Bonchev–Trinajstić information content (AvgIpc) is 3.08. The van der Waals surface area contributed by atoms with Gasteiger partial charge in [0, 0.05) is 5.41 Å². The van der Waals surface area contributed by atoms with Crippen LogP contribution in [0.25, 0.3) is 54.6 Å². The Kier molecular flexibility index (Phi) is 3.90. The third kappa shape index (κ3) is 2.54. The first-order valence-corrected chi connectivity index (χ1v) is 12.4. The monoisotopic (exact) mass is 436 g/mol. The van der Waals surface area contributed by atoms with Gasteiger partial charge in [0.15, 0.2) is 0 Å². The summed E-state index contributed by atoms with van der Waals surface area (Å²) in [4.78, 5) is 0. The Labute approximate surface area is 201 Å². The van der Waals surface area contributed by atoms with E-state index in [9.17, 15) is 0 Å². The van der Waals surface area contributed by atoms with Gasteiger partial charge >= 0.3 is 0 Å². The van der Waals surface area contributed by atoms with Gasteiger partial charge in [-0.25, -0.2) is 0 Å². The Morgan fingerprint density at radius 1 is 0.559 bits per heavy atom. The average molecular weight is 437 g/mol. The molecule has 0 heterocycles. The van der Waals surface area contributed by atoms with E-state index >= 15 is 0 Å². The minimum absolute atomic E-state index is 0.00919. The van der Waals surface area contributed by atoms with Crippen LogP contribution in [0.15, 0.2) is 91.0 Å². The lowest BCUT2D eigenvalue weighted by atomic mass is 9.80. The minimum atomic E-state index is -0.00919. The lowest BCUT2D eigenvalue weighted by Gasteiger charge is -2.23. The molecule has 7 rings (SSSR count). The molecule has 0 bridgehead atoms. The van der Waals surface area contributed by atoms with Gasteiger partial charge in [-0.1, -0.05) is 107 Å². The summed E-state index contributed by atoms with van der Waals surface area (Å²) in [5, 5.41) is 8.07. The van der Waals surface area contributed by atoms with Gasteiger partial charge in [0.1, 0.15) is 0 Å². The predicted molar refractivity (Wildman–Crippen MR) is 147 cm³/mol. The van der Waals surface area contributed by atoms with Crippen molar-refractivity contribution >= 4 is 32.3 Å². The molecule has 0 nitrogen and oxygen atoms in total. The second-order valence-corrected chi connectivity index (χ2v) is 10.8. The molecule has 0 atom stereocenters. The normalized spacial score (nSPS) is 14.4. The molecule has 164 valence electrons. The summed E-state index contributed by atoms with van der Waals surface area (Å²) in [5.41, 5.74) is 9.72. The summed E-state index contributed by atoms with van der Waals surface area (Å²) in [7, 11) is 0. The van der Waals surface area contributed by atoms with Crippen LogP contribution < -0.4 is 0 Å². The number of hydrogen-bond acceptors (Lipinski definition) is 0. The van der Waals surface area contributed by atoms with Crippen LogP contribution >= 0.6 is 0 Å². The zero-order chi connectivity index (χ0) is 23.2. The van der Waals surface area contributed by atoms with Crippen LogP contribution in [-0.2, 0) is 5.41 Å². The van der Waals surface area contributed by atoms with Crippen LogP contribution in [0.1, 0.15) is 50.3 Å². The summed E-state index contributed by atoms with van der Waals surface area (Å²) < 4.78 is 0. The molecule has 6 aromatic carbocycles. The van der Waals surface area contributed by atoms with Crippen molar-refractivity contribution in [2.45, 2.75) is 39.0 Å². The summed E-state index contributed by atoms with van der Waals surface area (Å²) in [6.07, 6.45) is 0. The van der Waals surface area contributed by atoms with Crippen LogP contribution in [0.3, 0.4) is 0 Å². The van der Waals surface area contributed by atoms with Crippen molar-refractivity contribution in [2.24, 2.45) is 0 Å². The van der Waals surface area contributed by atoms with E-state index in [4.69, 9.17) is 0 Å². The van der Waals surface area contributed by atoms with Gasteiger partial charge in [-0.3, -0.25) is 0 Å². The van der Waals surface area contributed by atoms with Gasteiger partial charge in [-0.15, -0.1) is 0 Å². The Bertz CT molecular complexity index is 1750. The Morgan fingerprint density at radius 3 is 1.97 bits per heavy atom. The summed E-state index contributed by atoms with van der Waals surface area (Å²) in [6, 6.07) is 34.6. The van der Waals surface area contributed by atoms with E-state index in [1.807, 2.05) is 0 Å². The fraction of sp³-hybridized carbons (Fsp3) is 0.176. The van der Waals surface area contributed by atoms with Gasteiger partial charge < -0.3 is 0 Å². The molecule has 0 spiro atoms. The van der Waals surface area contributed by atoms with Gasteiger partial charge in [0.05, 0.1) is 0 Å². The largest absolute Gasteiger partial charge is 0.0610 e. The van der Waals surface area contributed by atoms with Crippen molar-refractivity contribution in [1.82, 2.24) is 0 Å². The molecule has 0 radical (unpaired) electrons. The van der Waals surface area contributed by atoms with Crippen LogP contribution in [0.4, 0.5) is 0 Å². The lowest BCUT2D eigenvalue weighted by Crippen LogP contribution is -2.15. The SMILES string of the molecule is CC(C)c1ccc2c(c1)C(C)(C)c1cc(-c3cc4cccc5ccc6cccc3c6c54)ccc1-2. The maximum absolute atomic E-state index is 2.46. The highest BCUT2D eigenvalue weighted by molar-refractivity contribution is 6.26. The van der Waals surface area contributed by atoms with E-state index in [0.29, 0.717) is 5.92 Å². The second-order valence-electron chi connectivity index (χ2n) is 10.8. The van der Waals surface area contributed by atoms with Gasteiger partial charge in [0.2, 0.25) is 0 Å². The maximum atomic E-state index is 2.46. The summed E-state index contributed by atoms with van der Waals surface area (Å²) in [6.45, 7) is 9.34. The minimum Gasteiger partial charge on any atom is -0.0610 e. The van der Waals surface area contributed by atoms with Crippen LogP contribution in [-0.4, -0.2) is 0 Å². The fourth-order valence-electron chi connectivity index (χ4n) is 6.28. The summed E-state index contributed by atoms with van der Waals surface area (Å²) in [5.74, 6) is 0.538. The molecule has 0 saturated carbocycles. The zero-order valence-electron chi connectivity index (χ0n) is 20.2. The molecular formula is C34H28. The van der Waals surface area contributed by atoms with E-state index in [-0.39, 0.29) is 5.41 Å². The predicted octanol–water partition coefficient (Wildman–Crippen LogP) is 9.68. The standard InChI is InChI=1S/C34H28/c1-20(2)23-13-15-26-27-16-14-24(19-31(27)34(3,4)30(26)18-23)29-17-25-9-5-7-21-11-12-22-8-6-10-28(29)33(22)32(21)25/h5-20H,1-4H3. The van der Waals surface area contributed by atoms with Crippen LogP contribution in [0, 0.1) is 0 Å². The van der Waals surface area contributed by atoms with Crippen molar-refractivity contribution in [2.75, 3.05) is 0 Å². The first-order chi connectivity index (χ1) is 16.4. The lowest BCUT2D eigenvalue weighted by molar-refractivity contribution is 0.658. The molecule has 0 N–H and O–H groups in total. The fourth-order valence-corrected chi connectivity index (χ4v) is 6.28. The highest BCUT2D eigenvalue weighted by atomic mass is 14.4. The van der Waals surface area contributed by atoms with E-state index in [1.54, 1.807) is 0 Å². The van der Waals surface area contributed by atoms with Crippen molar-refractivity contribution in [3.8, 4) is 22.3 Å². The van der Waals surface area contributed by atoms with Gasteiger partial charge in [-0.05, 0) is 89.3 Å². The molecule has 0 amide bonds. The molecule has 0 unspecified atom stereocenters. The van der Waals surface area contributed by atoms with E-state index in [0.717, 1.165) is 0 Å². The molecule has 6 aromatic rings. The molecule has 1 aliphatic carbocycles. The molecule has 1 aliphatic rings. The highest BCUT2D eigenvalue weighted by Gasteiger charge is 2.36. The van der Waals surface area contributed by atoms with E-state index in [1.165, 1.54) is 71.3 Å². The quantitative estimate of drug-likeness (QED) is 0.237. The Hall–Kier alpha value is -3.64. The number of hydrogen-bond donors (Lipinski definition) is 0. The summed E-state index contributed by atoms with van der Waals surface area (Å²) >= 11 is 0. The molecule has 0 fully saturated rings. The number of rotatable bonds is 2. The smallest absolute Gasteiger partial charge is 0.0159 e. The number of fused-ring (bicyclic) bond motifs is 3. The van der Waals surface area contributed by atoms with Gasteiger partial charge in [0.25, 0.3) is 0 Å². The van der Waals surface area contributed by atoms with Crippen LogP contribution in [0.2, 0.25) is 0 Å². The molecule has 0 saturated heterocycles. The zero-order valence-corrected chi connectivity index (χ0v) is 20.2. The van der Waals surface area contributed by atoms with E-state index < -0.39 is 0 Å². The molecular weight excluding hydrogens is 408 g/mol. The second kappa shape index (κ2) is 6.70. The van der Waals surface area contributed by atoms with E-state index in [2.05, 4.69) is 119 Å². The van der Waals surface area contributed by atoms with Crippen molar-refractivity contribution in [3.05, 3.63) is 108 Å². The Morgan fingerprint density at radius 2 is 1.21 bits per heavy atom. The van der Waals surface area contributed by atoms with Gasteiger partial charge in [-0.2, -0.15) is 0 Å². The molecule has 0 aromatic heterocycles. The molecule has 0 aliphatic heterocycles. The molecule has 0 heteroatoms. The van der Waals surface area contributed by atoms with Crippen LogP contribution in [0.5, 0.6) is 0 Å². The van der Waals surface area contributed by atoms with Crippen molar-refractivity contribution in [3.63, 3.8) is 0 Å². The first kappa shape index (κ1) is 19.8. The highest BCUT2D eigenvalue weighted by Crippen LogP contribution is 2.51. The first-order valence-electron chi connectivity index (χ1n) is 12.4. The topological polar surface area (TPSA) is 0 Å². The third-order valence-corrected chi connectivity index (χ3v) is 8.19. The van der Waals surface area contributed by atoms with Crippen molar-refractivity contribution in [1.29, 1.82) is 0 Å². The Balaban J connectivity index is 1.49. The molecule has 34 heavy (non-hydrogen) atoms. The maximum Gasteiger partial charge on any atom is 0.0159 e. The van der Waals surface area contributed by atoms with Crippen molar-refractivity contribution < 1.29 is 0 Å². The number of benzene rings is 6.